The highest BCUT2D eigenvalue weighted by atomic mass is 32.1. The first-order valence-electron chi connectivity index (χ1n) is 5.86. The molecule has 2 heterocycles. The first-order valence-corrected chi connectivity index (χ1v) is 6.68. The molecule has 0 bridgehead atoms. The second kappa shape index (κ2) is 5.51. The molecule has 1 fully saturated rings. The number of thiophene rings is 1. The van der Waals surface area contributed by atoms with E-state index in [0.717, 1.165) is 30.8 Å². The lowest BCUT2D eigenvalue weighted by molar-refractivity contribution is 0.0932. The molecule has 1 aliphatic rings. The molecule has 17 heavy (non-hydrogen) atoms. The van der Waals surface area contributed by atoms with Crippen LogP contribution in [0.15, 0.2) is 6.07 Å². The van der Waals surface area contributed by atoms with Crippen molar-refractivity contribution < 1.29 is 9.53 Å². The lowest BCUT2D eigenvalue weighted by Gasteiger charge is -2.23. The van der Waals surface area contributed by atoms with E-state index in [2.05, 4.69) is 10.6 Å². The number of nitrogens with one attached hydrogen (secondary N) is 2. The van der Waals surface area contributed by atoms with Crippen LogP contribution in [-0.4, -0.2) is 32.1 Å². The zero-order chi connectivity index (χ0) is 12.3. The lowest BCUT2D eigenvalue weighted by Crippen LogP contribution is -2.45. The van der Waals surface area contributed by atoms with Gasteiger partial charge in [-0.15, -0.1) is 11.3 Å². The van der Waals surface area contributed by atoms with Crippen LogP contribution >= 0.6 is 11.3 Å². The number of piperidine rings is 1. The highest BCUT2D eigenvalue weighted by Crippen LogP contribution is 2.28. The normalized spacial score (nSPS) is 20.0. The lowest BCUT2D eigenvalue weighted by atomic mass is 10.1. The van der Waals surface area contributed by atoms with Crippen molar-refractivity contribution in [2.45, 2.75) is 25.8 Å². The molecule has 0 radical (unpaired) electrons. The van der Waals surface area contributed by atoms with Crippen molar-refractivity contribution in [1.82, 2.24) is 10.6 Å². The van der Waals surface area contributed by atoms with Gasteiger partial charge in [0.2, 0.25) is 0 Å². The summed E-state index contributed by atoms with van der Waals surface area (Å²) >= 11 is 1.48. The average molecular weight is 254 g/mol. The maximum absolute atomic E-state index is 12.1. The predicted octanol–water partition coefficient (Wildman–Crippen LogP) is 1.55. The van der Waals surface area contributed by atoms with Crippen LogP contribution in [0.5, 0.6) is 5.75 Å². The van der Waals surface area contributed by atoms with Gasteiger partial charge >= 0.3 is 0 Å². The number of amides is 1. The first kappa shape index (κ1) is 12.4. The molecule has 0 aliphatic carbocycles. The predicted molar refractivity (Wildman–Crippen MR) is 69.0 cm³/mol. The minimum Gasteiger partial charge on any atom is -0.495 e. The zero-order valence-electron chi connectivity index (χ0n) is 10.2. The monoisotopic (exact) mass is 254 g/mol. The van der Waals surface area contributed by atoms with Crippen molar-refractivity contribution in [2.75, 3.05) is 20.2 Å². The van der Waals surface area contributed by atoms with Gasteiger partial charge in [0.1, 0.15) is 10.6 Å². The number of methoxy groups -OCH3 is 1. The van der Waals surface area contributed by atoms with Crippen LogP contribution in [-0.2, 0) is 0 Å². The highest BCUT2D eigenvalue weighted by molar-refractivity contribution is 7.14. The van der Waals surface area contributed by atoms with Gasteiger partial charge in [0.15, 0.2) is 0 Å². The summed E-state index contributed by atoms with van der Waals surface area (Å²) in [5, 5.41) is 6.34. The number of hydrogen-bond acceptors (Lipinski definition) is 4. The van der Waals surface area contributed by atoms with Crippen molar-refractivity contribution in [2.24, 2.45) is 0 Å². The largest absolute Gasteiger partial charge is 0.495 e. The van der Waals surface area contributed by atoms with Crippen molar-refractivity contribution in [3.8, 4) is 5.75 Å². The van der Waals surface area contributed by atoms with E-state index in [4.69, 9.17) is 4.74 Å². The van der Waals surface area contributed by atoms with Crippen LogP contribution in [0, 0.1) is 6.92 Å². The van der Waals surface area contributed by atoms with Crippen LogP contribution < -0.4 is 15.4 Å². The van der Waals surface area contributed by atoms with Crippen LogP contribution in [0.2, 0.25) is 0 Å². The fourth-order valence-corrected chi connectivity index (χ4v) is 2.91. The smallest absolute Gasteiger partial charge is 0.265 e. The van der Waals surface area contributed by atoms with Crippen LogP contribution in [0.4, 0.5) is 0 Å². The van der Waals surface area contributed by atoms with E-state index in [1.165, 1.54) is 11.3 Å². The minimum absolute atomic E-state index is 0.0198. The summed E-state index contributed by atoms with van der Waals surface area (Å²) in [7, 11) is 1.60. The van der Waals surface area contributed by atoms with E-state index >= 15 is 0 Å². The molecule has 1 amide bonds. The molecule has 1 aromatic heterocycles. The summed E-state index contributed by atoms with van der Waals surface area (Å²) in [6.07, 6.45) is 2.16. The van der Waals surface area contributed by atoms with Gasteiger partial charge in [-0.1, -0.05) is 0 Å². The molecule has 5 heteroatoms. The van der Waals surface area contributed by atoms with Crippen LogP contribution in [0.3, 0.4) is 0 Å². The maximum Gasteiger partial charge on any atom is 0.265 e. The molecule has 1 aliphatic heterocycles. The van der Waals surface area contributed by atoms with Gasteiger partial charge in [-0.3, -0.25) is 4.79 Å². The number of carbonyl (C=O) groups is 1. The van der Waals surface area contributed by atoms with Gasteiger partial charge in [0.05, 0.1) is 7.11 Å². The van der Waals surface area contributed by atoms with Crippen molar-refractivity contribution in [1.29, 1.82) is 0 Å². The van der Waals surface area contributed by atoms with E-state index in [9.17, 15) is 4.79 Å². The van der Waals surface area contributed by atoms with Crippen molar-refractivity contribution in [3.05, 3.63) is 15.8 Å². The molecule has 2 N–H and O–H groups in total. The molecule has 0 spiro atoms. The molecule has 94 valence electrons. The standard InChI is InChI=1S/C12H18N2O2S/c1-8-6-10(16-2)11(17-8)12(15)14-9-4-3-5-13-7-9/h6,9,13H,3-5,7H2,1-2H3,(H,14,15). The van der Waals surface area contributed by atoms with Gasteiger partial charge in [-0.2, -0.15) is 0 Å². The Morgan fingerprint density at radius 3 is 3.12 bits per heavy atom. The molecule has 1 unspecified atom stereocenters. The SMILES string of the molecule is COc1cc(C)sc1C(=O)NC1CCCNC1. The molecular weight excluding hydrogens is 236 g/mol. The number of hydrogen-bond donors (Lipinski definition) is 2. The summed E-state index contributed by atoms with van der Waals surface area (Å²) < 4.78 is 5.21. The number of aryl methyl sites for hydroxylation is 1. The Balaban J connectivity index is 2.02. The molecule has 1 saturated heterocycles. The summed E-state index contributed by atoms with van der Waals surface area (Å²) in [5.41, 5.74) is 0. The Bertz CT molecular complexity index is 397. The molecular formula is C12H18N2O2S. The molecule has 2 rings (SSSR count). The Morgan fingerprint density at radius 1 is 1.65 bits per heavy atom. The molecule has 4 nitrogen and oxygen atoms in total. The minimum atomic E-state index is -0.0198. The van der Waals surface area contributed by atoms with E-state index in [0.29, 0.717) is 10.6 Å². The third kappa shape index (κ3) is 2.98. The molecule has 1 aromatic rings. The Morgan fingerprint density at radius 2 is 2.47 bits per heavy atom. The van der Waals surface area contributed by atoms with E-state index in [1.54, 1.807) is 7.11 Å². The number of rotatable bonds is 3. The summed E-state index contributed by atoms with van der Waals surface area (Å²) in [6.45, 7) is 3.89. The second-order valence-corrected chi connectivity index (χ2v) is 5.53. The number of carbonyl (C=O) groups excluding carboxylic acids is 1. The number of ether oxygens (including phenoxy) is 1. The topological polar surface area (TPSA) is 50.4 Å². The second-order valence-electron chi connectivity index (χ2n) is 4.27. The molecule has 0 saturated carbocycles. The Labute approximate surface area is 105 Å². The van der Waals surface area contributed by atoms with E-state index < -0.39 is 0 Å². The van der Waals surface area contributed by atoms with Crippen molar-refractivity contribution in [3.63, 3.8) is 0 Å². The summed E-state index contributed by atoms with van der Waals surface area (Å²) in [6, 6.07) is 2.14. The average Bonchev–Trinajstić information content (AvgIpc) is 2.72. The van der Waals surface area contributed by atoms with Crippen molar-refractivity contribution >= 4 is 17.2 Å². The summed E-state index contributed by atoms with van der Waals surface area (Å²) in [5.74, 6) is 0.655. The van der Waals surface area contributed by atoms with E-state index in [-0.39, 0.29) is 11.9 Å². The van der Waals surface area contributed by atoms with Crippen LogP contribution in [0.25, 0.3) is 0 Å². The third-order valence-electron chi connectivity index (χ3n) is 2.88. The highest BCUT2D eigenvalue weighted by Gasteiger charge is 2.20. The maximum atomic E-state index is 12.1. The fourth-order valence-electron chi connectivity index (χ4n) is 2.03. The third-order valence-corrected chi connectivity index (χ3v) is 3.91. The quantitative estimate of drug-likeness (QED) is 0.860. The van der Waals surface area contributed by atoms with E-state index in [1.807, 2.05) is 13.0 Å². The van der Waals surface area contributed by atoms with Gasteiger partial charge in [-0.05, 0) is 32.4 Å². The fraction of sp³-hybridized carbons (Fsp3) is 0.583. The molecule has 1 atom stereocenters. The molecule has 0 aromatic carbocycles. The first-order chi connectivity index (χ1) is 8.20. The van der Waals surface area contributed by atoms with Gasteiger partial charge in [0.25, 0.3) is 5.91 Å². The zero-order valence-corrected chi connectivity index (χ0v) is 11.0. The Kier molecular flexibility index (Phi) is 4.02. The van der Waals surface area contributed by atoms with Crippen LogP contribution in [0.1, 0.15) is 27.4 Å². The van der Waals surface area contributed by atoms with Gasteiger partial charge < -0.3 is 15.4 Å². The summed E-state index contributed by atoms with van der Waals surface area (Å²) in [4.78, 5) is 13.9. The van der Waals surface area contributed by atoms with Gasteiger partial charge in [-0.25, -0.2) is 0 Å². The Hall–Kier alpha value is -1.07. The van der Waals surface area contributed by atoms with Gasteiger partial charge in [0, 0.05) is 17.5 Å².